The summed E-state index contributed by atoms with van der Waals surface area (Å²) in [7, 11) is 6.43. The van der Waals surface area contributed by atoms with Gasteiger partial charge in [-0.25, -0.2) is 9.79 Å². The molecule has 0 spiro atoms. The number of hydrogen-bond acceptors (Lipinski definition) is 9. The Morgan fingerprint density at radius 1 is 1.18 bits per heavy atom. The third-order valence-electron chi connectivity index (χ3n) is 5.70. The van der Waals surface area contributed by atoms with Gasteiger partial charge in [0.05, 0.1) is 44.6 Å². The molecule has 1 atom stereocenters. The van der Waals surface area contributed by atoms with Crippen LogP contribution in [-0.2, 0) is 19.1 Å². The van der Waals surface area contributed by atoms with Crippen LogP contribution in [0.4, 0.5) is 0 Å². The molecule has 184 valence electrons. The number of para-hydroxylation sites is 1. The Morgan fingerprint density at radius 2 is 1.94 bits per heavy atom. The number of benzene rings is 1. The molecule has 1 aromatic carbocycles. The lowest BCUT2D eigenvalue weighted by atomic mass is 9.92. The average molecular weight is 490 g/mol. The number of fused-ring (bicyclic) bond motifs is 1. The molecular formula is C24H31N3O6S. The van der Waals surface area contributed by atoms with Crippen LogP contribution in [0.15, 0.2) is 45.6 Å². The molecule has 0 N–H and O–H groups in total. The van der Waals surface area contributed by atoms with Gasteiger partial charge in [0.2, 0.25) is 5.91 Å². The fourth-order valence-electron chi connectivity index (χ4n) is 3.81. The topological polar surface area (TPSA) is 89.9 Å². The molecular weight excluding hydrogens is 458 g/mol. The highest BCUT2D eigenvalue weighted by atomic mass is 32.2. The minimum absolute atomic E-state index is 0.0255. The summed E-state index contributed by atoms with van der Waals surface area (Å²) in [6.07, 6.45) is 0.171. The molecule has 2 heterocycles. The lowest BCUT2D eigenvalue weighted by molar-refractivity contribution is -0.141. The molecule has 1 amide bonds. The van der Waals surface area contributed by atoms with E-state index in [2.05, 4.69) is 4.99 Å². The van der Waals surface area contributed by atoms with Crippen LogP contribution in [0, 0.1) is 0 Å². The van der Waals surface area contributed by atoms with Crippen molar-refractivity contribution in [2.75, 3.05) is 48.1 Å². The predicted molar refractivity (Wildman–Crippen MR) is 131 cm³/mol. The number of amides is 1. The number of esters is 1. The minimum atomic E-state index is -0.617. The van der Waals surface area contributed by atoms with Crippen LogP contribution >= 0.6 is 11.8 Å². The van der Waals surface area contributed by atoms with Crippen LogP contribution in [0.5, 0.6) is 11.5 Å². The van der Waals surface area contributed by atoms with E-state index in [0.29, 0.717) is 40.0 Å². The van der Waals surface area contributed by atoms with Gasteiger partial charge >= 0.3 is 5.97 Å². The van der Waals surface area contributed by atoms with Crippen molar-refractivity contribution in [3.05, 3.63) is 46.1 Å². The number of amidine groups is 1. The molecule has 2 aliphatic heterocycles. The first-order valence-electron chi connectivity index (χ1n) is 10.9. The SMILES string of the molecule is CCN(C)C(=O)CC1=CSC2=NC(C)=C(C(=O)OCCOC)C(c3cccc(OC)c3OC)N12. The molecule has 0 saturated carbocycles. The van der Waals surface area contributed by atoms with E-state index in [1.807, 2.05) is 29.4 Å². The maximum absolute atomic E-state index is 13.3. The zero-order valence-corrected chi connectivity index (χ0v) is 21.2. The third kappa shape index (κ3) is 5.07. The van der Waals surface area contributed by atoms with Gasteiger partial charge in [-0.05, 0) is 25.3 Å². The lowest BCUT2D eigenvalue weighted by Crippen LogP contribution is -2.38. The van der Waals surface area contributed by atoms with Crippen LogP contribution in [-0.4, -0.2) is 75.0 Å². The number of methoxy groups -OCH3 is 3. The number of allylic oxidation sites excluding steroid dienone is 1. The van der Waals surface area contributed by atoms with E-state index in [1.165, 1.54) is 11.8 Å². The fraction of sp³-hybridized carbons (Fsp3) is 0.458. The molecule has 0 aliphatic carbocycles. The first kappa shape index (κ1) is 25.6. The second kappa shape index (κ2) is 11.4. The van der Waals surface area contributed by atoms with Crippen molar-refractivity contribution in [3.63, 3.8) is 0 Å². The summed E-state index contributed by atoms with van der Waals surface area (Å²) < 4.78 is 21.8. The largest absolute Gasteiger partial charge is 0.493 e. The van der Waals surface area contributed by atoms with Crippen LogP contribution in [0.1, 0.15) is 31.9 Å². The van der Waals surface area contributed by atoms with Crippen molar-refractivity contribution in [1.82, 2.24) is 9.80 Å². The van der Waals surface area contributed by atoms with Gasteiger partial charge < -0.3 is 28.7 Å². The van der Waals surface area contributed by atoms with Crippen molar-refractivity contribution in [3.8, 4) is 11.5 Å². The van der Waals surface area contributed by atoms with Crippen molar-refractivity contribution in [2.24, 2.45) is 4.99 Å². The molecule has 0 fully saturated rings. The Hall–Kier alpha value is -2.98. The van der Waals surface area contributed by atoms with E-state index in [1.54, 1.807) is 46.3 Å². The number of carbonyl (C=O) groups excluding carboxylic acids is 2. The number of ether oxygens (including phenoxy) is 4. The van der Waals surface area contributed by atoms with Gasteiger partial charge in [0, 0.05) is 32.0 Å². The Balaban J connectivity index is 2.12. The summed E-state index contributed by atoms with van der Waals surface area (Å²) in [4.78, 5) is 34.3. The summed E-state index contributed by atoms with van der Waals surface area (Å²) in [6, 6.07) is 4.90. The smallest absolute Gasteiger partial charge is 0.338 e. The van der Waals surface area contributed by atoms with E-state index in [4.69, 9.17) is 18.9 Å². The summed E-state index contributed by atoms with van der Waals surface area (Å²) >= 11 is 1.42. The molecule has 1 unspecified atom stereocenters. The van der Waals surface area contributed by atoms with Gasteiger partial charge in [0.25, 0.3) is 0 Å². The Labute approximate surface area is 204 Å². The van der Waals surface area contributed by atoms with E-state index in [0.717, 1.165) is 5.70 Å². The van der Waals surface area contributed by atoms with Gasteiger partial charge in [-0.2, -0.15) is 0 Å². The van der Waals surface area contributed by atoms with Crippen molar-refractivity contribution < 1.29 is 28.5 Å². The Morgan fingerprint density at radius 3 is 2.59 bits per heavy atom. The second-order valence-electron chi connectivity index (χ2n) is 7.69. The maximum atomic E-state index is 13.3. The maximum Gasteiger partial charge on any atom is 0.338 e. The minimum Gasteiger partial charge on any atom is -0.493 e. The number of rotatable bonds is 10. The molecule has 34 heavy (non-hydrogen) atoms. The molecule has 0 radical (unpaired) electrons. The molecule has 9 nitrogen and oxygen atoms in total. The van der Waals surface area contributed by atoms with Crippen LogP contribution in [0.3, 0.4) is 0 Å². The summed E-state index contributed by atoms with van der Waals surface area (Å²) in [6.45, 7) is 4.70. The molecule has 10 heteroatoms. The molecule has 0 bridgehead atoms. The summed E-state index contributed by atoms with van der Waals surface area (Å²) in [5.74, 6) is 0.510. The number of hydrogen-bond donors (Lipinski definition) is 0. The second-order valence-corrected chi connectivity index (χ2v) is 8.53. The molecule has 0 saturated heterocycles. The molecule has 2 aliphatic rings. The standard InChI is InChI=1S/C24H31N3O6S/c1-7-26(3)19(28)13-16-14-34-24-25-15(2)20(23(29)33-12-11-30-4)21(27(16)24)17-9-8-10-18(31-5)22(17)32-6/h8-10,14,21H,7,11-13H2,1-6H3. The quantitative estimate of drug-likeness (QED) is 0.365. The summed E-state index contributed by atoms with van der Waals surface area (Å²) in [5.41, 5.74) is 2.37. The Kier molecular flexibility index (Phi) is 8.62. The zero-order valence-electron chi connectivity index (χ0n) is 20.4. The van der Waals surface area contributed by atoms with Crippen LogP contribution in [0.2, 0.25) is 0 Å². The van der Waals surface area contributed by atoms with E-state index < -0.39 is 12.0 Å². The van der Waals surface area contributed by atoms with E-state index in [9.17, 15) is 9.59 Å². The van der Waals surface area contributed by atoms with E-state index in [-0.39, 0.29) is 25.5 Å². The van der Waals surface area contributed by atoms with Crippen molar-refractivity contribution in [2.45, 2.75) is 26.3 Å². The number of aliphatic imine (C=N–C) groups is 1. The number of carbonyl (C=O) groups is 2. The van der Waals surface area contributed by atoms with Gasteiger partial charge in [0.1, 0.15) is 6.61 Å². The first-order chi connectivity index (χ1) is 16.4. The van der Waals surface area contributed by atoms with E-state index >= 15 is 0 Å². The van der Waals surface area contributed by atoms with Crippen molar-refractivity contribution >= 4 is 28.8 Å². The van der Waals surface area contributed by atoms with Gasteiger partial charge in [-0.15, -0.1) is 0 Å². The molecule has 1 aromatic rings. The van der Waals surface area contributed by atoms with Gasteiger partial charge in [0.15, 0.2) is 16.7 Å². The first-order valence-corrected chi connectivity index (χ1v) is 11.8. The number of thioether (sulfide) groups is 1. The third-order valence-corrected chi connectivity index (χ3v) is 6.59. The highest BCUT2D eigenvalue weighted by molar-refractivity contribution is 8.16. The highest BCUT2D eigenvalue weighted by Gasteiger charge is 2.42. The van der Waals surface area contributed by atoms with Crippen LogP contribution < -0.4 is 9.47 Å². The monoisotopic (exact) mass is 489 g/mol. The number of nitrogens with zero attached hydrogens (tertiary/aromatic N) is 3. The highest BCUT2D eigenvalue weighted by Crippen LogP contribution is 2.48. The van der Waals surface area contributed by atoms with Crippen LogP contribution in [0.25, 0.3) is 0 Å². The van der Waals surface area contributed by atoms with Gasteiger partial charge in [-0.3, -0.25) is 4.79 Å². The normalized spacial score (nSPS) is 17.1. The lowest BCUT2D eigenvalue weighted by Gasteiger charge is -2.37. The predicted octanol–water partition coefficient (Wildman–Crippen LogP) is 3.34. The molecule has 0 aromatic heterocycles. The fourth-order valence-corrected chi connectivity index (χ4v) is 4.78. The van der Waals surface area contributed by atoms with Gasteiger partial charge in [-0.1, -0.05) is 23.9 Å². The van der Waals surface area contributed by atoms with Crippen molar-refractivity contribution in [1.29, 1.82) is 0 Å². The zero-order chi connectivity index (χ0) is 24.8. The summed E-state index contributed by atoms with van der Waals surface area (Å²) in [5, 5.41) is 2.59. The average Bonchev–Trinajstić information content (AvgIpc) is 3.23. The Bertz CT molecular complexity index is 1040. The molecule has 3 rings (SSSR count).